The summed E-state index contributed by atoms with van der Waals surface area (Å²) in [5.41, 5.74) is 0.592. The molecule has 1 aliphatic rings. The van der Waals surface area contributed by atoms with Crippen molar-refractivity contribution in [2.45, 2.75) is 58.8 Å². The number of hydrogen-bond acceptors (Lipinski definition) is 3. The van der Waals surface area contributed by atoms with Gasteiger partial charge in [-0.25, -0.2) is 0 Å². The van der Waals surface area contributed by atoms with E-state index in [9.17, 15) is 4.79 Å². The first kappa shape index (κ1) is 20.0. The Labute approximate surface area is 146 Å². The van der Waals surface area contributed by atoms with Gasteiger partial charge in [-0.1, -0.05) is 44.7 Å². The van der Waals surface area contributed by atoms with E-state index in [0.717, 1.165) is 25.8 Å². The highest BCUT2D eigenvalue weighted by molar-refractivity contribution is 5.78. The average molecular weight is 330 g/mol. The highest BCUT2D eigenvalue weighted by Crippen LogP contribution is 2.19. The number of carbonyl (C=O) groups excluding carboxylic acids is 1. The van der Waals surface area contributed by atoms with Crippen LogP contribution in [-0.4, -0.2) is 19.1 Å². The molecule has 4 heteroatoms. The SMILES string of the molecule is CCCCCC1CCCCNC1=O.CCOc1ccccc1C#N. The van der Waals surface area contributed by atoms with E-state index in [-0.39, 0.29) is 0 Å². The van der Waals surface area contributed by atoms with Gasteiger partial charge in [-0.3, -0.25) is 4.79 Å². The van der Waals surface area contributed by atoms with Crippen LogP contribution in [0.2, 0.25) is 0 Å². The number of para-hydroxylation sites is 1. The third kappa shape index (κ3) is 7.50. The number of carbonyl (C=O) groups is 1. The van der Waals surface area contributed by atoms with E-state index in [1.807, 2.05) is 19.1 Å². The van der Waals surface area contributed by atoms with Crippen LogP contribution in [0.25, 0.3) is 0 Å². The number of unbranched alkanes of at least 4 members (excludes halogenated alkanes) is 2. The lowest BCUT2D eigenvalue weighted by atomic mass is 9.96. The van der Waals surface area contributed by atoms with Gasteiger partial charge in [0.1, 0.15) is 11.8 Å². The molecular weight excluding hydrogens is 300 g/mol. The van der Waals surface area contributed by atoms with Crippen LogP contribution in [0.4, 0.5) is 0 Å². The zero-order valence-electron chi connectivity index (χ0n) is 15.0. The van der Waals surface area contributed by atoms with Crippen molar-refractivity contribution in [1.82, 2.24) is 5.32 Å². The predicted molar refractivity (Wildman–Crippen MR) is 96.8 cm³/mol. The summed E-state index contributed by atoms with van der Waals surface area (Å²) in [6, 6.07) is 9.26. The van der Waals surface area contributed by atoms with Crippen LogP contribution in [0.1, 0.15) is 64.4 Å². The van der Waals surface area contributed by atoms with Gasteiger partial charge >= 0.3 is 0 Å². The fraction of sp³-hybridized carbons (Fsp3) is 0.600. The number of amides is 1. The number of ether oxygens (including phenoxy) is 1. The molecule has 1 aromatic carbocycles. The minimum absolute atomic E-state index is 0.300. The largest absolute Gasteiger partial charge is 0.492 e. The highest BCUT2D eigenvalue weighted by Gasteiger charge is 2.19. The fourth-order valence-corrected chi connectivity index (χ4v) is 2.76. The Hall–Kier alpha value is -2.02. The quantitative estimate of drug-likeness (QED) is 0.784. The van der Waals surface area contributed by atoms with E-state index in [2.05, 4.69) is 18.3 Å². The van der Waals surface area contributed by atoms with E-state index in [4.69, 9.17) is 10.00 Å². The molecular formula is C20H30N2O2. The lowest BCUT2D eigenvalue weighted by Crippen LogP contribution is -2.28. The Balaban J connectivity index is 0.000000243. The molecule has 24 heavy (non-hydrogen) atoms. The van der Waals surface area contributed by atoms with Crippen molar-refractivity contribution in [3.05, 3.63) is 29.8 Å². The number of rotatable bonds is 6. The summed E-state index contributed by atoms with van der Waals surface area (Å²) in [6.07, 6.45) is 8.31. The molecule has 0 aliphatic carbocycles. The summed E-state index contributed by atoms with van der Waals surface area (Å²) < 4.78 is 5.21. The topological polar surface area (TPSA) is 62.1 Å². The Morgan fingerprint density at radius 1 is 1.25 bits per heavy atom. The van der Waals surface area contributed by atoms with Crippen molar-refractivity contribution < 1.29 is 9.53 Å². The van der Waals surface area contributed by atoms with Crippen molar-refractivity contribution in [3.8, 4) is 11.8 Å². The Morgan fingerprint density at radius 3 is 2.75 bits per heavy atom. The Morgan fingerprint density at radius 2 is 2.04 bits per heavy atom. The molecule has 4 nitrogen and oxygen atoms in total. The summed E-state index contributed by atoms with van der Waals surface area (Å²) in [5.74, 6) is 1.28. The second kappa shape index (κ2) is 12.4. The van der Waals surface area contributed by atoms with Crippen LogP contribution in [-0.2, 0) is 4.79 Å². The molecule has 1 atom stereocenters. The summed E-state index contributed by atoms with van der Waals surface area (Å²) in [5, 5.41) is 11.6. The molecule has 1 amide bonds. The summed E-state index contributed by atoms with van der Waals surface area (Å²) in [4.78, 5) is 11.5. The highest BCUT2D eigenvalue weighted by atomic mass is 16.5. The van der Waals surface area contributed by atoms with Gasteiger partial charge in [-0.05, 0) is 38.3 Å². The van der Waals surface area contributed by atoms with Gasteiger partial charge in [-0.2, -0.15) is 5.26 Å². The lowest BCUT2D eigenvalue weighted by Gasteiger charge is -2.11. The van der Waals surface area contributed by atoms with Crippen molar-refractivity contribution in [2.75, 3.05) is 13.2 Å². The summed E-state index contributed by atoms with van der Waals surface area (Å²) in [6.45, 7) is 5.59. The van der Waals surface area contributed by atoms with Crippen LogP contribution in [0, 0.1) is 17.2 Å². The standard InChI is InChI=1S/C11H21NO.C9H9NO/c1-2-3-4-7-10-8-5-6-9-12-11(10)13;1-2-11-9-6-4-3-5-8(9)7-10/h10H,2-9H2,1H3,(H,12,13);3-6H,2H2,1H3. The molecule has 1 N–H and O–H groups in total. The smallest absolute Gasteiger partial charge is 0.223 e. The van der Waals surface area contributed by atoms with Gasteiger partial charge in [0.05, 0.1) is 12.2 Å². The first-order chi connectivity index (χ1) is 11.7. The van der Waals surface area contributed by atoms with Gasteiger partial charge in [0, 0.05) is 12.5 Å². The van der Waals surface area contributed by atoms with Crippen LogP contribution >= 0.6 is 0 Å². The zero-order chi connectivity index (χ0) is 17.6. The van der Waals surface area contributed by atoms with Crippen LogP contribution in [0.3, 0.4) is 0 Å². The second-order valence-electron chi connectivity index (χ2n) is 6.02. The molecule has 0 spiro atoms. The van der Waals surface area contributed by atoms with E-state index in [1.54, 1.807) is 12.1 Å². The van der Waals surface area contributed by atoms with Gasteiger partial charge in [0.2, 0.25) is 5.91 Å². The van der Waals surface area contributed by atoms with Crippen molar-refractivity contribution >= 4 is 5.91 Å². The maximum Gasteiger partial charge on any atom is 0.223 e. The number of hydrogen-bond donors (Lipinski definition) is 1. The van der Waals surface area contributed by atoms with E-state index in [1.165, 1.54) is 25.7 Å². The fourth-order valence-electron chi connectivity index (χ4n) is 2.76. The van der Waals surface area contributed by atoms with E-state index >= 15 is 0 Å². The molecule has 1 aromatic rings. The van der Waals surface area contributed by atoms with Crippen molar-refractivity contribution in [3.63, 3.8) is 0 Å². The van der Waals surface area contributed by atoms with E-state index in [0.29, 0.717) is 29.7 Å². The molecule has 0 saturated carbocycles. The number of nitriles is 1. The maximum absolute atomic E-state index is 11.5. The van der Waals surface area contributed by atoms with Crippen molar-refractivity contribution in [1.29, 1.82) is 5.26 Å². The average Bonchev–Trinajstić information content (AvgIpc) is 2.81. The number of nitrogens with zero attached hydrogens (tertiary/aromatic N) is 1. The number of nitrogens with one attached hydrogen (secondary N) is 1. The predicted octanol–water partition coefficient (Wildman–Crippen LogP) is 4.44. The monoisotopic (exact) mass is 330 g/mol. The molecule has 1 unspecified atom stereocenters. The van der Waals surface area contributed by atoms with Crippen LogP contribution in [0.5, 0.6) is 5.75 Å². The third-order valence-electron chi connectivity index (χ3n) is 4.11. The summed E-state index contributed by atoms with van der Waals surface area (Å²) >= 11 is 0. The lowest BCUT2D eigenvalue weighted by molar-refractivity contribution is -0.124. The Bertz CT molecular complexity index is 523. The van der Waals surface area contributed by atoms with E-state index < -0.39 is 0 Å². The van der Waals surface area contributed by atoms with Gasteiger partial charge in [-0.15, -0.1) is 0 Å². The zero-order valence-corrected chi connectivity index (χ0v) is 15.0. The molecule has 0 bridgehead atoms. The Kier molecular flexibility index (Phi) is 10.4. The first-order valence-electron chi connectivity index (χ1n) is 9.12. The molecule has 1 fully saturated rings. The van der Waals surface area contributed by atoms with Gasteiger partial charge in [0.25, 0.3) is 0 Å². The molecule has 2 rings (SSSR count). The molecule has 132 valence electrons. The van der Waals surface area contributed by atoms with Crippen molar-refractivity contribution in [2.24, 2.45) is 5.92 Å². The molecule has 1 saturated heterocycles. The molecule has 1 heterocycles. The maximum atomic E-state index is 11.5. The minimum Gasteiger partial charge on any atom is -0.492 e. The normalized spacial score (nSPS) is 16.9. The van der Waals surface area contributed by atoms with Crippen LogP contribution < -0.4 is 10.1 Å². The minimum atomic E-state index is 0.300. The molecule has 0 radical (unpaired) electrons. The second-order valence-corrected chi connectivity index (χ2v) is 6.02. The third-order valence-corrected chi connectivity index (χ3v) is 4.11. The molecule has 1 aliphatic heterocycles. The van der Waals surface area contributed by atoms with Gasteiger partial charge in [0.15, 0.2) is 0 Å². The van der Waals surface area contributed by atoms with Gasteiger partial charge < -0.3 is 10.1 Å². The number of benzene rings is 1. The summed E-state index contributed by atoms with van der Waals surface area (Å²) in [7, 11) is 0. The first-order valence-corrected chi connectivity index (χ1v) is 9.12. The molecule has 0 aromatic heterocycles. The van der Waals surface area contributed by atoms with Crippen LogP contribution in [0.15, 0.2) is 24.3 Å².